The highest BCUT2D eigenvalue weighted by molar-refractivity contribution is 5.77. The van der Waals surface area contributed by atoms with E-state index in [0.29, 0.717) is 19.5 Å². The second-order valence-electron chi connectivity index (χ2n) is 3.43. The van der Waals surface area contributed by atoms with Crippen molar-refractivity contribution in [3.8, 4) is 0 Å². The maximum Gasteiger partial charge on any atom is 0.303 e. The molecule has 4 heteroatoms. The molecule has 0 aromatic rings. The molecule has 15 heavy (non-hydrogen) atoms. The van der Waals surface area contributed by atoms with Crippen LogP contribution in [0, 0.1) is 5.92 Å². The molecule has 0 saturated carbocycles. The van der Waals surface area contributed by atoms with E-state index in [1.807, 2.05) is 20.8 Å². The lowest BCUT2D eigenvalue weighted by Crippen LogP contribution is -2.40. The predicted molar refractivity (Wildman–Crippen MR) is 58.6 cm³/mol. The summed E-state index contributed by atoms with van der Waals surface area (Å²) in [6, 6.07) is 0. The van der Waals surface area contributed by atoms with E-state index in [0.717, 1.165) is 6.42 Å². The van der Waals surface area contributed by atoms with Crippen LogP contribution < -0.4 is 0 Å². The maximum atomic E-state index is 11.2. The van der Waals surface area contributed by atoms with Crippen LogP contribution in [0.1, 0.15) is 40.0 Å². The lowest BCUT2D eigenvalue weighted by molar-refractivity contribution is -0.141. The van der Waals surface area contributed by atoms with Gasteiger partial charge in [-0.05, 0) is 19.3 Å². The van der Waals surface area contributed by atoms with Crippen LogP contribution in [0.3, 0.4) is 0 Å². The Morgan fingerprint density at radius 1 is 1.53 bits per heavy atom. The molecule has 0 spiro atoms. The van der Waals surface area contributed by atoms with Crippen molar-refractivity contribution in [2.75, 3.05) is 13.1 Å². The normalized spacial score (nSPS) is 20.6. The Morgan fingerprint density at radius 3 is 2.60 bits per heavy atom. The Balaban J connectivity index is 0.000000921. The van der Waals surface area contributed by atoms with Gasteiger partial charge >= 0.3 is 5.97 Å². The average molecular weight is 215 g/mol. The van der Waals surface area contributed by atoms with E-state index in [2.05, 4.69) is 0 Å². The summed E-state index contributed by atoms with van der Waals surface area (Å²) in [4.78, 5) is 23.4. The molecule has 0 radical (unpaired) electrons. The third-order valence-corrected chi connectivity index (χ3v) is 2.44. The summed E-state index contributed by atoms with van der Waals surface area (Å²) < 4.78 is 0. The van der Waals surface area contributed by atoms with E-state index >= 15 is 0 Å². The fourth-order valence-electron chi connectivity index (χ4n) is 1.71. The minimum Gasteiger partial charge on any atom is -0.481 e. The molecule has 88 valence electrons. The summed E-state index contributed by atoms with van der Waals surface area (Å²) >= 11 is 0. The summed E-state index contributed by atoms with van der Waals surface area (Å²) in [5.74, 6) is -0.463. The average Bonchev–Trinajstić information content (AvgIpc) is 2.23. The van der Waals surface area contributed by atoms with Crippen LogP contribution in [0.25, 0.3) is 0 Å². The molecule has 1 rings (SSSR count). The third-order valence-electron chi connectivity index (χ3n) is 2.44. The number of nitrogens with zero attached hydrogens (tertiary/aromatic N) is 1. The van der Waals surface area contributed by atoms with Crippen LogP contribution in [-0.4, -0.2) is 35.0 Å². The fraction of sp³-hybridized carbons (Fsp3) is 0.818. The number of likely N-dealkylation sites (tertiary alicyclic amines) is 1. The third kappa shape index (κ3) is 4.81. The van der Waals surface area contributed by atoms with Gasteiger partial charge in [0.25, 0.3) is 0 Å². The van der Waals surface area contributed by atoms with Crippen molar-refractivity contribution in [1.29, 1.82) is 0 Å². The molecule has 0 bridgehead atoms. The predicted octanol–water partition coefficient (Wildman–Crippen LogP) is 1.75. The minimum absolute atomic E-state index is 0.148. The van der Waals surface area contributed by atoms with Gasteiger partial charge in [-0.3, -0.25) is 9.59 Å². The van der Waals surface area contributed by atoms with Crippen LogP contribution in [0.5, 0.6) is 0 Å². The van der Waals surface area contributed by atoms with Crippen LogP contribution in [0.2, 0.25) is 0 Å². The molecule has 1 aliphatic heterocycles. The summed E-state index contributed by atoms with van der Waals surface area (Å²) in [7, 11) is 0. The first-order chi connectivity index (χ1) is 7.13. The highest BCUT2D eigenvalue weighted by Crippen LogP contribution is 2.19. The van der Waals surface area contributed by atoms with E-state index in [-0.39, 0.29) is 18.2 Å². The van der Waals surface area contributed by atoms with Crippen molar-refractivity contribution in [3.63, 3.8) is 0 Å². The Labute approximate surface area is 91.3 Å². The SMILES string of the molecule is CC.CCN1C[C@H](CC(=O)O)CCC1=O. The number of hydrogen-bond acceptors (Lipinski definition) is 2. The molecule has 1 saturated heterocycles. The van der Waals surface area contributed by atoms with Crippen molar-refractivity contribution in [1.82, 2.24) is 4.90 Å². The van der Waals surface area contributed by atoms with Gasteiger partial charge in [-0.25, -0.2) is 0 Å². The summed E-state index contributed by atoms with van der Waals surface area (Å²) in [5, 5.41) is 8.59. The second kappa shape index (κ2) is 7.26. The van der Waals surface area contributed by atoms with Crippen molar-refractivity contribution >= 4 is 11.9 Å². The molecule has 0 aromatic heterocycles. The van der Waals surface area contributed by atoms with Crippen molar-refractivity contribution < 1.29 is 14.7 Å². The summed E-state index contributed by atoms with van der Waals surface area (Å²) in [5.41, 5.74) is 0. The first-order valence-electron chi connectivity index (χ1n) is 5.63. The summed E-state index contributed by atoms with van der Waals surface area (Å²) in [6.07, 6.45) is 1.41. The van der Waals surface area contributed by atoms with Gasteiger partial charge in [0.15, 0.2) is 0 Å². The van der Waals surface area contributed by atoms with E-state index in [9.17, 15) is 9.59 Å². The molecule has 1 fully saturated rings. The monoisotopic (exact) mass is 215 g/mol. The Bertz CT molecular complexity index is 216. The molecular formula is C11H21NO3. The summed E-state index contributed by atoms with van der Waals surface area (Å²) in [6.45, 7) is 7.22. The fourth-order valence-corrected chi connectivity index (χ4v) is 1.71. The highest BCUT2D eigenvalue weighted by Gasteiger charge is 2.25. The Kier molecular flexibility index (Phi) is 6.75. The standard InChI is InChI=1S/C9H15NO3.C2H6/c1-2-10-6-7(5-9(12)13)3-4-8(10)11;1-2/h7H,2-6H2,1H3,(H,12,13);1-2H3/t7-;/m0./s1. The van der Waals surface area contributed by atoms with E-state index < -0.39 is 5.97 Å². The molecular weight excluding hydrogens is 194 g/mol. The first kappa shape index (κ1) is 13.9. The van der Waals surface area contributed by atoms with Gasteiger partial charge in [-0.1, -0.05) is 13.8 Å². The maximum absolute atomic E-state index is 11.2. The van der Waals surface area contributed by atoms with Gasteiger partial charge in [-0.2, -0.15) is 0 Å². The van der Waals surface area contributed by atoms with Crippen molar-refractivity contribution in [2.45, 2.75) is 40.0 Å². The van der Waals surface area contributed by atoms with Crippen LogP contribution in [-0.2, 0) is 9.59 Å². The second-order valence-corrected chi connectivity index (χ2v) is 3.43. The number of carboxylic acids is 1. The Morgan fingerprint density at radius 2 is 2.13 bits per heavy atom. The molecule has 1 amide bonds. The van der Waals surface area contributed by atoms with Crippen LogP contribution in [0.15, 0.2) is 0 Å². The van der Waals surface area contributed by atoms with Gasteiger partial charge in [-0.15, -0.1) is 0 Å². The number of carbonyl (C=O) groups is 2. The number of carboxylic acid groups (broad SMARTS) is 1. The van der Waals surface area contributed by atoms with Gasteiger partial charge in [0, 0.05) is 25.9 Å². The van der Waals surface area contributed by atoms with Crippen LogP contribution >= 0.6 is 0 Å². The van der Waals surface area contributed by atoms with Gasteiger partial charge in [0.1, 0.15) is 0 Å². The lowest BCUT2D eigenvalue weighted by Gasteiger charge is -2.30. The van der Waals surface area contributed by atoms with E-state index in [1.54, 1.807) is 4.90 Å². The van der Waals surface area contributed by atoms with Gasteiger partial charge < -0.3 is 10.0 Å². The van der Waals surface area contributed by atoms with Crippen LogP contribution in [0.4, 0.5) is 0 Å². The lowest BCUT2D eigenvalue weighted by atomic mass is 9.94. The number of piperidine rings is 1. The quantitative estimate of drug-likeness (QED) is 0.780. The van der Waals surface area contributed by atoms with E-state index in [4.69, 9.17) is 5.11 Å². The van der Waals surface area contributed by atoms with E-state index in [1.165, 1.54) is 0 Å². The molecule has 0 aliphatic carbocycles. The van der Waals surface area contributed by atoms with Gasteiger partial charge in [0.05, 0.1) is 0 Å². The molecule has 4 nitrogen and oxygen atoms in total. The van der Waals surface area contributed by atoms with Gasteiger partial charge in [0.2, 0.25) is 5.91 Å². The largest absolute Gasteiger partial charge is 0.481 e. The topological polar surface area (TPSA) is 57.6 Å². The van der Waals surface area contributed by atoms with Crippen molar-refractivity contribution in [2.24, 2.45) is 5.92 Å². The molecule has 1 atom stereocenters. The molecule has 1 aliphatic rings. The number of rotatable bonds is 3. The molecule has 1 heterocycles. The highest BCUT2D eigenvalue weighted by atomic mass is 16.4. The number of aliphatic carboxylic acids is 1. The molecule has 0 unspecified atom stereocenters. The number of hydrogen-bond donors (Lipinski definition) is 1. The number of carbonyl (C=O) groups excluding carboxylic acids is 1. The number of amides is 1. The Hall–Kier alpha value is -1.06. The zero-order valence-electron chi connectivity index (χ0n) is 9.82. The zero-order valence-corrected chi connectivity index (χ0v) is 9.82. The minimum atomic E-state index is -0.768. The zero-order chi connectivity index (χ0) is 11.8. The molecule has 0 aromatic carbocycles. The smallest absolute Gasteiger partial charge is 0.303 e. The molecule has 1 N–H and O–H groups in total. The first-order valence-corrected chi connectivity index (χ1v) is 5.63. The van der Waals surface area contributed by atoms with Crippen molar-refractivity contribution in [3.05, 3.63) is 0 Å².